The van der Waals surface area contributed by atoms with Crippen LogP contribution < -0.4 is 9.64 Å². The maximum atomic E-state index is 9.78. The van der Waals surface area contributed by atoms with Crippen molar-refractivity contribution in [2.75, 3.05) is 31.2 Å². The first-order valence-electron chi connectivity index (χ1n) is 8.52. The normalized spacial score (nSPS) is 14.2. The van der Waals surface area contributed by atoms with Gasteiger partial charge in [0, 0.05) is 24.7 Å². The van der Waals surface area contributed by atoms with E-state index in [0.717, 1.165) is 24.5 Å². The fourth-order valence-electron chi connectivity index (χ4n) is 2.80. The van der Waals surface area contributed by atoms with Crippen molar-refractivity contribution in [1.29, 1.82) is 0 Å². The summed E-state index contributed by atoms with van der Waals surface area (Å²) in [5.74, 6) is 2.64. The van der Waals surface area contributed by atoms with E-state index < -0.39 is 0 Å². The van der Waals surface area contributed by atoms with Gasteiger partial charge in [0.1, 0.15) is 17.3 Å². The molecule has 0 unspecified atom stereocenters. The summed E-state index contributed by atoms with van der Waals surface area (Å²) in [6.45, 7) is 2.86. The second-order valence-electron chi connectivity index (χ2n) is 5.95. The van der Waals surface area contributed by atoms with Crippen molar-refractivity contribution in [1.82, 2.24) is 9.97 Å². The molecule has 1 saturated heterocycles. The number of ether oxygens (including phenoxy) is 2. The monoisotopic (exact) mass is 349 g/mol. The molecule has 6 nitrogen and oxygen atoms in total. The van der Waals surface area contributed by atoms with Gasteiger partial charge in [-0.2, -0.15) is 4.98 Å². The highest BCUT2D eigenvalue weighted by atomic mass is 16.5. The van der Waals surface area contributed by atoms with Gasteiger partial charge in [0.25, 0.3) is 0 Å². The molecule has 1 aromatic heterocycles. The standard InChI is InChI=1S/C20H19N3O3/c24-16-6-4-5-15(13-16)20-21-18(23-9-11-25-12-10-23)14-19(22-20)26-17-7-2-1-3-8-17/h1-8,13-14,24H,9-12H2. The van der Waals surface area contributed by atoms with E-state index >= 15 is 0 Å². The lowest BCUT2D eigenvalue weighted by Crippen LogP contribution is -2.36. The van der Waals surface area contributed by atoms with Crippen molar-refractivity contribution in [2.45, 2.75) is 0 Å². The Labute approximate surface area is 151 Å². The number of hydrogen-bond donors (Lipinski definition) is 1. The Morgan fingerprint density at radius 3 is 2.50 bits per heavy atom. The van der Waals surface area contributed by atoms with Gasteiger partial charge < -0.3 is 19.5 Å². The highest BCUT2D eigenvalue weighted by Gasteiger charge is 2.16. The Morgan fingerprint density at radius 1 is 0.923 bits per heavy atom. The molecule has 1 N–H and O–H groups in total. The molecule has 4 rings (SSSR count). The number of phenols is 1. The van der Waals surface area contributed by atoms with E-state index in [-0.39, 0.29) is 5.75 Å². The Morgan fingerprint density at radius 2 is 1.73 bits per heavy atom. The first-order valence-corrected chi connectivity index (χ1v) is 8.52. The number of morpholine rings is 1. The minimum Gasteiger partial charge on any atom is -0.508 e. The van der Waals surface area contributed by atoms with E-state index in [1.807, 2.05) is 42.5 Å². The molecule has 3 aromatic rings. The third-order valence-electron chi connectivity index (χ3n) is 4.09. The number of phenolic OH excluding ortho intramolecular Hbond substituents is 1. The van der Waals surface area contributed by atoms with Gasteiger partial charge in [0.05, 0.1) is 13.2 Å². The Kier molecular flexibility index (Phi) is 4.66. The van der Waals surface area contributed by atoms with E-state index in [4.69, 9.17) is 9.47 Å². The number of para-hydroxylation sites is 1. The smallest absolute Gasteiger partial charge is 0.224 e. The number of nitrogens with zero attached hydrogens (tertiary/aromatic N) is 3. The van der Waals surface area contributed by atoms with Gasteiger partial charge in [0.15, 0.2) is 5.82 Å². The summed E-state index contributed by atoms with van der Waals surface area (Å²) >= 11 is 0. The van der Waals surface area contributed by atoms with Crippen molar-refractivity contribution in [3.8, 4) is 28.8 Å². The summed E-state index contributed by atoms with van der Waals surface area (Å²) < 4.78 is 11.4. The molecular weight excluding hydrogens is 330 g/mol. The van der Waals surface area contributed by atoms with Crippen molar-refractivity contribution >= 4 is 5.82 Å². The Hall–Kier alpha value is -3.12. The second kappa shape index (κ2) is 7.41. The van der Waals surface area contributed by atoms with Crippen LogP contribution in [0.5, 0.6) is 17.4 Å². The molecule has 132 valence electrons. The van der Waals surface area contributed by atoms with Crippen molar-refractivity contribution < 1.29 is 14.6 Å². The minimum atomic E-state index is 0.174. The van der Waals surface area contributed by atoms with Gasteiger partial charge in [-0.15, -0.1) is 0 Å². The maximum Gasteiger partial charge on any atom is 0.224 e. The summed E-state index contributed by atoms with van der Waals surface area (Å²) in [7, 11) is 0. The van der Waals surface area contributed by atoms with Crippen molar-refractivity contribution in [2.24, 2.45) is 0 Å². The predicted octanol–water partition coefficient (Wildman–Crippen LogP) is 3.48. The zero-order valence-corrected chi connectivity index (χ0v) is 14.2. The lowest BCUT2D eigenvalue weighted by atomic mass is 10.2. The first kappa shape index (κ1) is 16.4. The average Bonchev–Trinajstić information content (AvgIpc) is 2.69. The van der Waals surface area contributed by atoms with E-state index in [1.165, 1.54) is 0 Å². The molecule has 0 saturated carbocycles. The molecular formula is C20H19N3O3. The molecule has 2 heterocycles. The van der Waals surface area contributed by atoms with Crippen LogP contribution >= 0.6 is 0 Å². The highest BCUT2D eigenvalue weighted by Crippen LogP contribution is 2.28. The van der Waals surface area contributed by atoms with E-state index in [2.05, 4.69) is 14.9 Å². The zero-order valence-electron chi connectivity index (χ0n) is 14.2. The van der Waals surface area contributed by atoms with Crippen LogP contribution in [-0.2, 0) is 4.74 Å². The summed E-state index contributed by atoms with van der Waals surface area (Å²) in [5, 5.41) is 9.78. The Bertz CT molecular complexity index is 880. The fraction of sp³-hybridized carbons (Fsp3) is 0.200. The summed E-state index contributed by atoms with van der Waals surface area (Å²) in [6, 6.07) is 18.3. The van der Waals surface area contributed by atoms with Crippen LogP contribution in [0.1, 0.15) is 0 Å². The molecule has 0 amide bonds. The first-order chi connectivity index (χ1) is 12.8. The van der Waals surface area contributed by atoms with E-state index in [0.29, 0.717) is 30.7 Å². The SMILES string of the molecule is Oc1cccc(-c2nc(Oc3ccccc3)cc(N3CCOCC3)n2)c1. The van der Waals surface area contributed by atoms with Crippen LogP contribution in [0.15, 0.2) is 60.7 Å². The van der Waals surface area contributed by atoms with Crippen LogP contribution in [0.3, 0.4) is 0 Å². The maximum absolute atomic E-state index is 9.78. The largest absolute Gasteiger partial charge is 0.508 e. The second-order valence-corrected chi connectivity index (χ2v) is 5.95. The van der Waals surface area contributed by atoms with Gasteiger partial charge >= 0.3 is 0 Å². The Balaban J connectivity index is 1.73. The highest BCUT2D eigenvalue weighted by molar-refractivity contribution is 5.61. The van der Waals surface area contributed by atoms with Gasteiger partial charge in [-0.1, -0.05) is 30.3 Å². The molecule has 0 radical (unpaired) electrons. The summed E-state index contributed by atoms with van der Waals surface area (Å²) in [5.41, 5.74) is 0.734. The number of hydrogen-bond acceptors (Lipinski definition) is 6. The average molecular weight is 349 g/mol. The van der Waals surface area contributed by atoms with Gasteiger partial charge in [0.2, 0.25) is 5.88 Å². The van der Waals surface area contributed by atoms with Crippen LogP contribution in [0.2, 0.25) is 0 Å². The third kappa shape index (κ3) is 3.75. The topological polar surface area (TPSA) is 67.7 Å². The number of aromatic hydroxyl groups is 1. The number of rotatable bonds is 4. The minimum absolute atomic E-state index is 0.174. The van der Waals surface area contributed by atoms with Gasteiger partial charge in [-0.25, -0.2) is 4.98 Å². The number of aromatic nitrogens is 2. The van der Waals surface area contributed by atoms with Crippen molar-refractivity contribution in [3.63, 3.8) is 0 Å². The third-order valence-corrected chi connectivity index (χ3v) is 4.09. The molecule has 26 heavy (non-hydrogen) atoms. The molecule has 1 aliphatic rings. The molecule has 6 heteroatoms. The van der Waals surface area contributed by atoms with E-state index in [9.17, 15) is 5.11 Å². The quantitative estimate of drug-likeness (QED) is 0.778. The van der Waals surface area contributed by atoms with Crippen LogP contribution in [0.4, 0.5) is 5.82 Å². The molecule has 1 aliphatic heterocycles. The lowest BCUT2D eigenvalue weighted by Gasteiger charge is -2.28. The van der Waals surface area contributed by atoms with Crippen LogP contribution in [0.25, 0.3) is 11.4 Å². The molecule has 0 atom stereocenters. The number of anilines is 1. The summed E-state index contributed by atoms with van der Waals surface area (Å²) in [4.78, 5) is 11.4. The van der Waals surface area contributed by atoms with Gasteiger partial charge in [-0.3, -0.25) is 0 Å². The van der Waals surface area contributed by atoms with Crippen LogP contribution in [-0.4, -0.2) is 41.4 Å². The summed E-state index contributed by atoms with van der Waals surface area (Å²) in [6.07, 6.45) is 0. The fourth-order valence-corrected chi connectivity index (χ4v) is 2.80. The molecule has 1 fully saturated rings. The van der Waals surface area contributed by atoms with Crippen molar-refractivity contribution in [3.05, 3.63) is 60.7 Å². The van der Waals surface area contributed by atoms with E-state index in [1.54, 1.807) is 18.2 Å². The predicted molar refractivity (Wildman–Crippen MR) is 98.7 cm³/mol. The van der Waals surface area contributed by atoms with Gasteiger partial charge in [-0.05, 0) is 24.3 Å². The molecule has 0 bridgehead atoms. The van der Waals surface area contributed by atoms with Crippen LogP contribution in [0, 0.1) is 0 Å². The number of benzene rings is 2. The molecule has 0 spiro atoms. The lowest BCUT2D eigenvalue weighted by molar-refractivity contribution is 0.122. The molecule has 2 aromatic carbocycles. The molecule has 0 aliphatic carbocycles. The zero-order chi connectivity index (χ0) is 17.8.